The summed E-state index contributed by atoms with van der Waals surface area (Å²) in [6.07, 6.45) is 3.56. The van der Waals surface area contributed by atoms with E-state index in [1.54, 1.807) is 0 Å². The van der Waals surface area contributed by atoms with Crippen molar-refractivity contribution in [1.82, 2.24) is 0 Å². The zero-order chi connectivity index (χ0) is 8.48. The Kier molecular flexibility index (Phi) is 2.56. The maximum atomic E-state index is 13.1. The van der Waals surface area contributed by atoms with Gasteiger partial charge in [-0.3, -0.25) is 0 Å². The van der Waals surface area contributed by atoms with E-state index in [0.29, 0.717) is 11.3 Å². The molecule has 1 heteroatoms. The second-order valence-electron chi connectivity index (χ2n) is 4.97. The lowest BCUT2D eigenvalue weighted by Crippen LogP contribution is -2.17. The number of alkyl halides is 1. The fourth-order valence-corrected chi connectivity index (χ4v) is 2.01. The number of hydrogen-bond acceptors (Lipinski definition) is 0. The van der Waals surface area contributed by atoms with Crippen molar-refractivity contribution in [2.45, 2.75) is 52.6 Å². The van der Waals surface area contributed by atoms with Crippen LogP contribution in [-0.4, -0.2) is 6.17 Å². The minimum atomic E-state index is -0.505. The average molecular weight is 158 g/mol. The Morgan fingerprint density at radius 3 is 2.27 bits per heavy atom. The van der Waals surface area contributed by atoms with E-state index >= 15 is 0 Å². The molecule has 0 saturated heterocycles. The molecule has 0 aliphatic heterocycles. The van der Waals surface area contributed by atoms with Crippen molar-refractivity contribution >= 4 is 0 Å². The van der Waals surface area contributed by atoms with Crippen molar-refractivity contribution < 1.29 is 4.39 Å². The van der Waals surface area contributed by atoms with Gasteiger partial charge in [0.15, 0.2) is 0 Å². The van der Waals surface area contributed by atoms with E-state index in [-0.39, 0.29) is 0 Å². The molecule has 0 aromatic rings. The molecular formula is C10H19F. The quantitative estimate of drug-likeness (QED) is 0.547. The molecule has 1 fully saturated rings. The summed E-state index contributed by atoms with van der Waals surface area (Å²) in [6.45, 7) is 6.58. The predicted molar refractivity (Wildman–Crippen MR) is 46.3 cm³/mol. The molecule has 0 heterocycles. The summed E-state index contributed by atoms with van der Waals surface area (Å²) in [5.74, 6) is 0.356. The van der Waals surface area contributed by atoms with Crippen molar-refractivity contribution in [1.29, 1.82) is 0 Å². The number of halogens is 1. The molecule has 0 bridgehead atoms. The van der Waals surface area contributed by atoms with Crippen LogP contribution in [0.1, 0.15) is 46.5 Å². The Morgan fingerprint density at radius 2 is 1.91 bits per heavy atom. The lowest BCUT2D eigenvalue weighted by molar-refractivity contribution is 0.197. The zero-order valence-corrected chi connectivity index (χ0v) is 7.86. The molecule has 0 unspecified atom stereocenters. The first-order chi connectivity index (χ1) is 4.99. The molecule has 0 spiro atoms. The molecule has 0 amide bonds. The summed E-state index contributed by atoms with van der Waals surface area (Å²) < 4.78 is 13.1. The van der Waals surface area contributed by atoms with E-state index in [4.69, 9.17) is 0 Å². The van der Waals surface area contributed by atoms with Crippen LogP contribution in [0.2, 0.25) is 0 Å². The highest BCUT2D eigenvalue weighted by Gasteiger charge is 2.30. The van der Waals surface area contributed by atoms with Gasteiger partial charge in [0.1, 0.15) is 6.17 Å². The summed E-state index contributed by atoms with van der Waals surface area (Å²) in [4.78, 5) is 0. The Hall–Kier alpha value is -0.0700. The van der Waals surface area contributed by atoms with Crippen molar-refractivity contribution in [3.8, 4) is 0 Å². The minimum absolute atomic E-state index is 0.305. The summed E-state index contributed by atoms with van der Waals surface area (Å²) in [7, 11) is 0. The van der Waals surface area contributed by atoms with Crippen molar-refractivity contribution in [2.24, 2.45) is 11.3 Å². The monoisotopic (exact) mass is 158 g/mol. The summed E-state index contributed by atoms with van der Waals surface area (Å²) in [5, 5.41) is 0. The molecule has 1 saturated carbocycles. The van der Waals surface area contributed by atoms with E-state index < -0.39 is 6.17 Å². The fraction of sp³-hybridized carbons (Fsp3) is 1.00. The Balaban J connectivity index is 2.37. The van der Waals surface area contributed by atoms with E-state index in [1.165, 1.54) is 0 Å². The fourth-order valence-electron chi connectivity index (χ4n) is 2.01. The van der Waals surface area contributed by atoms with Crippen LogP contribution in [0.25, 0.3) is 0 Å². The third-order valence-corrected chi connectivity index (χ3v) is 2.44. The van der Waals surface area contributed by atoms with Gasteiger partial charge in [0, 0.05) is 0 Å². The largest absolute Gasteiger partial charge is 0.247 e. The molecule has 66 valence electrons. The zero-order valence-electron chi connectivity index (χ0n) is 7.86. The maximum Gasteiger partial charge on any atom is 0.103 e. The van der Waals surface area contributed by atoms with Crippen LogP contribution >= 0.6 is 0 Å². The smallest absolute Gasteiger partial charge is 0.103 e. The second kappa shape index (κ2) is 3.12. The summed E-state index contributed by atoms with van der Waals surface area (Å²) in [5.41, 5.74) is 0.305. The van der Waals surface area contributed by atoms with Gasteiger partial charge in [0.2, 0.25) is 0 Å². The van der Waals surface area contributed by atoms with Gasteiger partial charge in [0.05, 0.1) is 0 Å². The Bertz CT molecular complexity index is 123. The molecule has 1 aliphatic rings. The minimum Gasteiger partial charge on any atom is -0.247 e. The van der Waals surface area contributed by atoms with Gasteiger partial charge in [0.25, 0.3) is 0 Å². The molecule has 1 aliphatic carbocycles. The van der Waals surface area contributed by atoms with Gasteiger partial charge >= 0.3 is 0 Å². The topological polar surface area (TPSA) is 0 Å². The lowest BCUT2D eigenvalue weighted by Gasteiger charge is -2.23. The number of rotatable bonds is 1. The number of hydrogen-bond donors (Lipinski definition) is 0. The molecule has 0 aromatic carbocycles. The summed E-state index contributed by atoms with van der Waals surface area (Å²) in [6, 6.07) is 0. The van der Waals surface area contributed by atoms with Gasteiger partial charge in [-0.05, 0) is 30.6 Å². The molecule has 0 N–H and O–H groups in total. The highest BCUT2D eigenvalue weighted by atomic mass is 19.1. The Labute approximate surface area is 69.2 Å². The van der Waals surface area contributed by atoms with Crippen LogP contribution in [-0.2, 0) is 0 Å². The van der Waals surface area contributed by atoms with E-state index in [0.717, 1.165) is 25.7 Å². The highest BCUT2D eigenvalue weighted by molar-refractivity contribution is 4.80. The van der Waals surface area contributed by atoms with Crippen molar-refractivity contribution in [3.63, 3.8) is 0 Å². The SMILES string of the molecule is CC(C)(C)C[C@@H]1CCC[C@@H]1F. The summed E-state index contributed by atoms with van der Waals surface area (Å²) >= 11 is 0. The molecule has 0 nitrogen and oxygen atoms in total. The van der Waals surface area contributed by atoms with E-state index in [9.17, 15) is 4.39 Å². The van der Waals surface area contributed by atoms with Gasteiger partial charge in [-0.2, -0.15) is 0 Å². The lowest BCUT2D eigenvalue weighted by atomic mass is 9.83. The van der Waals surface area contributed by atoms with Gasteiger partial charge in [-0.1, -0.05) is 27.2 Å². The average Bonchev–Trinajstić information content (AvgIpc) is 2.12. The Morgan fingerprint density at radius 1 is 1.27 bits per heavy atom. The van der Waals surface area contributed by atoms with E-state index in [2.05, 4.69) is 20.8 Å². The van der Waals surface area contributed by atoms with Crippen molar-refractivity contribution in [2.75, 3.05) is 0 Å². The van der Waals surface area contributed by atoms with Crippen LogP contribution in [0.4, 0.5) is 4.39 Å². The van der Waals surface area contributed by atoms with Crippen LogP contribution in [0.15, 0.2) is 0 Å². The van der Waals surface area contributed by atoms with Crippen LogP contribution in [0.5, 0.6) is 0 Å². The standard InChI is InChI=1S/C10H19F/c1-10(2,3)7-8-5-4-6-9(8)11/h8-9H,4-7H2,1-3H3/t8-,9-/m0/s1. The second-order valence-corrected chi connectivity index (χ2v) is 4.97. The third kappa shape index (κ3) is 2.80. The first kappa shape index (κ1) is 9.02. The molecule has 2 atom stereocenters. The van der Waals surface area contributed by atoms with Gasteiger partial charge < -0.3 is 0 Å². The molecule has 1 rings (SSSR count). The molecule has 0 aromatic heterocycles. The van der Waals surface area contributed by atoms with Crippen LogP contribution < -0.4 is 0 Å². The van der Waals surface area contributed by atoms with Crippen LogP contribution in [0, 0.1) is 11.3 Å². The van der Waals surface area contributed by atoms with Gasteiger partial charge in [-0.25, -0.2) is 4.39 Å². The van der Waals surface area contributed by atoms with E-state index in [1.807, 2.05) is 0 Å². The van der Waals surface area contributed by atoms with Gasteiger partial charge in [-0.15, -0.1) is 0 Å². The third-order valence-electron chi connectivity index (χ3n) is 2.44. The normalized spacial score (nSPS) is 32.7. The first-order valence-corrected chi connectivity index (χ1v) is 4.63. The molecular weight excluding hydrogens is 139 g/mol. The predicted octanol–water partition coefficient (Wildman–Crippen LogP) is 3.56. The first-order valence-electron chi connectivity index (χ1n) is 4.63. The molecule has 11 heavy (non-hydrogen) atoms. The molecule has 0 radical (unpaired) electrons. The van der Waals surface area contributed by atoms with Crippen LogP contribution in [0.3, 0.4) is 0 Å². The highest BCUT2D eigenvalue weighted by Crippen LogP contribution is 2.36. The maximum absolute atomic E-state index is 13.1. The van der Waals surface area contributed by atoms with Crippen molar-refractivity contribution in [3.05, 3.63) is 0 Å².